The summed E-state index contributed by atoms with van der Waals surface area (Å²) < 4.78 is 0. The molecule has 0 aliphatic heterocycles. The number of likely N-dealkylation sites (N-methyl/N-ethyl adjacent to an activating group) is 1. The van der Waals surface area contributed by atoms with E-state index in [4.69, 9.17) is 10.9 Å². The molecular weight excluding hydrogens is 372 g/mol. The third-order valence-electron chi connectivity index (χ3n) is 5.69. The van der Waals surface area contributed by atoms with E-state index in [2.05, 4.69) is 17.4 Å². The highest BCUT2D eigenvalue weighted by Gasteiger charge is 2.51. The van der Waals surface area contributed by atoms with Gasteiger partial charge in [-0.05, 0) is 57.4 Å². The van der Waals surface area contributed by atoms with Gasteiger partial charge in [-0.1, -0.05) is 29.8 Å². The summed E-state index contributed by atoms with van der Waals surface area (Å²) in [5.74, 6) is -0.646. The van der Waals surface area contributed by atoms with Gasteiger partial charge < -0.3 is 16.0 Å². The van der Waals surface area contributed by atoms with Crippen molar-refractivity contribution in [1.29, 1.82) is 0 Å². The van der Waals surface area contributed by atoms with Crippen molar-refractivity contribution in [2.24, 2.45) is 11.1 Å². The van der Waals surface area contributed by atoms with Crippen LogP contribution < -0.4 is 16.5 Å². The fraction of sp³-hybridized carbons (Fsp3) is 0.571. The largest absolute Gasteiger partial charge is 0.352 e. The van der Waals surface area contributed by atoms with Gasteiger partial charge in [-0.25, -0.2) is 10.3 Å². The number of nitrogens with two attached hydrogens (primary N) is 1. The van der Waals surface area contributed by atoms with Crippen molar-refractivity contribution >= 4 is 17.8 Å². The van der Waals surface area contributed by atoms with Crippen LogP contribution in [-0.4, -0.2) is 47.6 Å². The molecule has 0 unspecified atom stereocenters. The third kappa shape index (κ3) is 6.45. The van der Waals surface area contributed by atoms with Crippen molar-refractivity contribution in [3.8, 4) is 0 Å². The average Bonchev–Trinajstić information content (AvgIpc) is 3.48. The number of carbonyl (C=O) groups excluding carboxylic acids is 3. The lowest BCUT2D eigenvalue weighted by molar-refractivity contribution is -0.146. The van der Waals surface area contributed by atoms with Crippen molar-refractivity contribution in [3.63, 3.8) is 0 Å². The number of rotatable bonds is 11. The van der Waals surface area contributed by atoms with E-state index < -0.39 is 23.4 Å². The van der Waals surface area contributed by atoms with Crippen molar-refractivity contribution in [2.75, 3.05) is 13.6 Å². The van der Waals surface area contributed by atoms with Crippen LogP contribution in [0.25, 0.3) is 0 Å². The summed E-state index contributed by atoms with van der Waals surface area (Å²) >= 11 is 0. The maximum atomic E-state index is 13.1. The van der Waals surface area contributed by atoms with Crippen LogP contribution in [0.3, 0.4) is 0 Å². The number of urea groups is 1. The number of aryl methyl sites for hydroxylation is 2. The summed E-state index contributed by atoms with van der Waals surface area (Å²) in [7, 11) is 1.62. The Balaban J connectivity index is 1.94. The highest BCUT2D eigenvalue weighted by atomic mass is 16.5. The molecule has 5 N–H and O–H groups in total. The van der Waals surface area contributed by atoms with E-state index >= 15 is 0 Å². The summed E-state index contributed by atoms with van der Waals surface area (Å²) in [5, 5.41) is 11.6. The smallest absolute Gasteiger partial charge is 0.312 e. The van der Waals surface area contributed by atoms with Gasteiger partial charge in [0.2, 0.25) is 5.91 Å². The maximum Gasteiger partial charge on any atom is 0.312 e. The Morgan fingerprint density at radius 1 is 1.28 bits per heavy atom. The van der Waals surface area contributed by atoms with Crippen LogP contribution >= 0.6 is 0 Å². The molecule has 1 saturated carbocycles. The minimum atomic E-state index is -0.752. The molecule has 29 heavy (non-hydrogen) atoms. The molecule has 8 heteroatoms. The van der Waals surface area contributed by atoms with Crippen LogP contribution in [-0.2, 0) is 16.0 Å². The zero-order valence-corrected chi connectivity index (χ0v) is 17.2. The fourth-order valence-electron chi connectivity index (χ4n) is 3.74. The molecule has 160 valence electrons. The Labute approximate surface area is 171 Å². The van der Waals surface area contributed by atoms with Crippen LogP contribution in [0.1, 0.15) is 49.7 Å². The zero-order chi connectivity index (χ0) is 21.4. The normalized spacial score (nSPS) is 15.3. The molecule has 1 fully saturated rings. The SMILES string of the molecule is Cc1cccc(CCC2(C(=O)N(C)[C@H](CCCCNC(N)=O)C(=O)NO)CC2)c1. The predicted molar refractivity (Wildman–Crippen MR) is 109 cm³/mol. The molecule has 0 aromatic heterocycles. The van der Waals surface area contributed by atoms with Gasteiger partial charge in [0, 0.05) is 19.0 Å². The second-order valence-electron chi connectivity index (χ2n) is 7.96. The van der Waals surface area contributed by atoms with Gasteiger partial charge in [0.25, 0.3) is 5.91 Å². The molecule has 1 atom stereocenters. The standard InChI is InChI=1S/C21H32N4O4/c1-15-6-5-7-16(14-15)9-10-21(11-12-21)19(27)25(2)17(18(26)24-29)8-3-4-13-23-20(22)28/h5-7,14,17,29H,3-4,8-13H2,1-2H3,(H,24,26)(H3,22,23,28)/t17-/m1/s1. The van der Waals surface area contributed by atoms with E-state index in [1.54, 1.807) is 12.5 Å². The molecule has 2 rings (SSSR count). The Kier molecular flexibility index (Phi) is 8.01. The first-order valence-corrected chi connectivity index (χ1v) is 10.1. The number of hydrogen-bond donors (Lipinski definition) is 4. The first kappa shape index (κ1) is 22.7. The third-order valence-corrected chi connectivity index (χ3v) is 5.69. The number of unbranched alkanes of at least 4 members (excludes halogenated alkanes) is 1. The number of nitrogens with zero attached hydrogens (tertiary/aromatic N) is 1. The van der Waals surface area contributed by atoms with E-state index in [0.717, 1.165) is 25.7 Å². The molecule has 1 aliphatic carbocycles. The van der Waals surface area contributed by atoms with E-state index in [1.165, 1.54) is 16.0 Å². The lowest BCUT2D eigenvalue weighted by atomic mass is 9.93. The highest BCUT2D eigenvalue weighted by molar-refractivity contribution is 5.91. The van der Waals surface area contributed by atoms with E-state index in [-0.39, 0.29) is 5.91 Å². The molecular formula is C21H32N4O4. The number of benzene rings is 1. The number of nitrogens with one attached hydrogen (secondary N) is 2. The van der Waals surface area contributed by atoms with Crippen molar-refractivity contribution in [3.05, 3.63) is 35.4 Å². The molecule has 0 saturated heterocycles. The lowest BCUT2D eigenvalue weighted by Gasteiger charge is -2.30. The van der Waals surface area contributed by atoms with Crippen LogP contribution in [0.4, 0.5) is 4.79 Å². The van der Waals surface area contributed by atoms with Gasteiger partial charge in [-0.15, -0.1) is 0 Å². The highest BCUT2D eigenvalue weighted by Crippen LogP contribution is 2.51. The second-order valence-corrected chi connectivity index (χ2v) is 7.96. The van der Waals surface area contributed by atoms with Crippen LogP contribution in [0.15, 0.2) is 24.3 Å². The van der Waals surface area contributed by atoms with Gasteiger partial charge in [-0.3, -0.25) is 14.8 Å². The van der Waals surface area contributed by atoms with Crippen LogP contribution in [0.2, 0.25) is 0 Å². The van der Waals surface area contributed by atoms with E-state index in [9.17, 15) is 14.4 Å². The Hall–Kier alpha value is -2.61. The molecule has 0 radical (unpaired) electrons. The molecule has 1 aliphatic rings. The van der Waals surface area contributed by atoms with Crippen molar-refractivity contribution < 1.29 is 19.6 Å². The van der Waals surface area contributed by atoms with E-state index in [1.807, 2.05) is 19.1 Å². The quantitative estimate of drug-likeness (QED) is 0.255. The Morgan fingerprint density at radius 3 is 2.59 bits per heavy atom. The average molecular weight is 405 g/mol. The van der Waals surface area contributed by atoms with Crippen molar-refractivity contribution in [1.82, 2.24) is 15.7 Å². The predicted octanol–water partition coefficient (Wildman–Crippen LogP) is 1.88. The summed E-state index contributed by atoms with van der Waals surface area (Å²) in [6.45, 7) is 2.45. The fourth-order valence-corrected chi connectivity index (χ4v) is 3.74. The number of hydrogen-bond acceptors (Lipinski definition) is 4. The number of primary amides is 1. The molecule has 4 amide bonds. The lowest BCUT2D eigenvalue weighted by Crippen LogP contribution is -2.49. The maximum absolute atomic E-state index is 13.1. The molecule has 8 nitrogen and oxygen atoms in total. The Bertz CT molecular complexity index is 733. The Morgan fingerprint density at radius 2 is 2.00 bits per heavy atom. The first-order valence-electron chi connectivity index (χ1n) is 10.1. The van der Waals surface area contributed by atoms with Crippen molar-refractivity contribution in [2.45, 2.75) is 57.9 Å². The second kappa shape index (κ2) is 10.2. The molecule has 0 bridgehead atoms. The number of hydroxylamine groups is 1. The minimum absolute atomic E-state index is 0.0472. The zero-order valence-electron chi connectivity index (χ0n) is 17.2. The van der Waals surface area contributed by atoms with Gasteiger partial charge in [0.05, 0.1) is 0 Å². The van der Waals surface area contributed by atoms with Crippen LogP contribution in [0.5, 0.6) is 0 Å². The summed E-state index contributed by atoms with van der Waals surface area (Å²) in [6, 6.07) is 6.93. The molecule has 0 heterocycles. The minimum Gasteiger partial charge on any atom is -0.352 e. The van der Waals surface area contributed by atoms with Gasteiger partial charge >= 0.3 is 6.03 Å². The van der Waals surface area contributed by atoms with Gasteiger partial charge in [-0.2, -0.15) is 0 Å². The van der Waals surface area contributed by atoms with E-state index in [0.29, 0.717) is 25.8 Å². The molecule has 0 spiro atoms. The topological polar surface area (TPSA) is 125 Å². The molecule has 1 aromatic carbocycles. The first-order chi connectivity index (χ1) is 13.8. The number of carbonyl (C=O) groups is 3. The number of amides is 4. The van der Waals surface area contributed by atoms with Gasteiger partial charge in [0.1, 0.15) is 6.04 Å². The monoisotopic (exact) mass is 404 g/mol. The van der Waals surface area contributed by atoms with Crippen LogP contribution in [0, 0.1) is 12.3 Å². The van der Waals surface area contributed by atoms with Gasteiger partial charge in [0.15, 0.2) is 0 Å². The summed E-state index contributed by atoms with van der Waals surface area (Å²) in [6.07, 6.45) is 4.82. The molecule has 1 aromatic rings. The summed E-state index contributed by atoms with van der Waals surface area (Å²) in [4.78, 5) is 37.5. The summed E-state index contributed by atoms with van der Waals surface area (Å²) in [5.41, 5.74) is 8.68.